The largest absolute Gasteiger partial charge is 0.381 e. The van der Waals surface area contributed by atoms with Crippen LogP contribution in [0.5, 0.6) is 0 Å². The van der Waals surface area contributed by atoms with Crippen LogP contribution in [-0.2, 0) is 4.74 Å². The molecule has 1 aliphatic heterocycles. The second-order valence-electron chi connectivity index (χ2n) is 6.67. The lowest BCUT2D eigenvalue weighted by molar-refractivity contribution is -0.0184. The molecular formula is C15H31N3O. The molecule has 0 aromatic heterocycles. The van der Waals surface area contributed by atoms with Crippen molar-refractivity contribution in [2.45, 2.75) is 43.7 Å². The predicted molar refractivity (Wildman–Crippen MR) is 79.3 cm³/mol. The van der Waals surface area contributed by atoms with Gasteiger partial charge in [-0.2, -0.15) is 0 Å². The molecule has 19 heavy (non-hydrogen) atoms. The van der Waals surface area contributed by atoms with E-state index in [4.69, 9.17) is 10.5 Å². The van der Waals surface area contributed by atoms with E-state index in [-0.39, 0.29) is 0 Å². The van der Waals surface area contributed by atoms with Crippen LogP contribution in [0.4, 0.5) is 0 Å². The molecule has 1 heterocycles. The fourth-order valence-electron chi connectivity index (χ4n) is 3.71. The highest BCUT2D eigenvalue weighted by atomic mass is 16.5. The highest BCUT2D eigenvalue weighted by Crippen LogP contribution is 2.37. The zero-order valence-corrected chi connectivity index (χ0v) is 12.9. The highest BCUT2D eigenvalue weighted by molar-refractivity contribution is 4.99. The molecule has 1 saturated heterocycles. The summed E-state index contributed by atoms with van der Waals surface area (Å²) in [5.74, 6) is 0.614. The first-order chi connectivity index (χ1) is 9.09. The van der Waals surface area contributed by atoms with Crippen molar-refractivity contribution in [2.75, 3.05) is 47.4 Å². The molecule has 2 rings (SSSR count). The molecule has 0 bridgehead atoms. The van der Waals surface area contributed by atoms with Gasteiger partial charge >= 0.3 is 0 Å². The third-order valence-corrected chi connectivity index (χ3v) is 5.32. The molecule has 2 unspecified atom stereocenters. The summed E-state index contributed by atoms with van der Waals surface area (Å²) in [6.07, 6.45) is 6.46. The van der Waals surface area contributed by atoms with Gasteiger partial charge in [0.15, 0.2) is 0 Å². The van der Waals surface area contributed by atoms with Crippen molar-refractivity contribution in [1.82, 2.24) is 9.80 Å². The number of rotatable bonds is 6. The van der Waals surface area contributed by atoms with Crippen LogP contribution in [0.3, 0.4) is 0 Å². The summed E-state index contributed by atoms with van der Waals surface area (Å²) in [6, 6.07) is 0.470. The number of ether oxygens (including phenoxy) is 1. The van der Waals surface area contributed by atoms with Gasteiger partial charge in [-0.25, -0.2) is 0 Å². The van der Waals surface area contributed by atoms with Crippen LogP contribution in [0.1, 0.15) is 32.1 Å². The monoisotopic (exact) mass is 269 g/mol. The van der Waals surface area contributed by atoms with Crippen LogP contribution in [0, 0.1) is 5.92 Å². The molecule has 1 aliphatic carbocycles. The minimum atomic E-state index is 0.387. The van der Waals surface area contributed by atoms with E-state index >= 15 is 0 Å². The molecule has 0 aromatic rings. The molecule has 1 saturated carbocycles. The summed E-state index contributed by atoms with van der Waals surface area (Å²) in [5, 5.41) is 0. The second kappa shape index (κ2) is 6.53. The van der Waals surface area contributed by atoms with Crippen LogP contribution >= 0.6 is 0 Å². The Morgan fingerprint density at radius 1 is 1.26 bits per heavy atom. The molecule has 2 N–H and O–H groups in total. The maximum Gasteiger partial charge on any atom is 0.0509 e. The van der Waals surface area contributed by atoms with E-state index in [1.54, 1.807) is 0 Å². The van der Waals surface area contributed by atoms with E-state index in [2.05, 4.69) is 30.9 Å². The Labute approximate surface area is 118 Å². The maximum atomic E-state index is 6.05. The SMILES string of the molecule is CN(CC1(N(C)C)CCC1)C(CN)C1CCCOC1. The van der Waals surface area contributed by atoms with Gasteiger partial charge in [-0.1, -0.05) is 0 Å². The highest BCUT2D eigenvalue weighted by Gasteiger charge is 2.41. The van der Waals surface area contributed by atoms with Crippen molar-refractivity contribution in [2.24, 2.45) is 11.7 Å². The summed E-state index contributed by atoms with van der Waals surface area (Å²) in [7, 11) is 6.68. The fraction of sp³-hybridized carbons (Fsp3) is 1.00. The molecule has 0 spiro atoms. The zero-order valence-electron chi connectivity index (χ0n) is 12.9. The average Bonchev–Trinajstić information content (AvgIpc) is 2.35. The molecule has 112 valence electrons. The minimum absolute atomic E-state index is 0.387. The van der Waals surface area contributed by atoms with Gasteiger partial charge in [0.05, 0.1) is 6.61 Å². The summed E-state index contributed by atoms with van der Waals surface area (Å²) < 4.78 is 5.64. The number of hydrogen-bond donors (Lipinski definition) is 1. The molecule has 4 nitrogen and oxygen atoms in total. The standard InChI is InChI=1S/C15H31N3O/c1-17(2)15(7-5-8-15)12-18(3)14(10-16)13-6-4-9-19-11-13/h13-14H,4-12,16H2,1-3H3. The summed E-state index contributed by atoms with van der Waals surface area (Å²) in [6.45, 7) is 3.70. The van der Waals surface area contributed by atoms with Crippen LogP contribution in [-0.4, -0.2) is 68.8 Å². The van der Waals surface area contributed by atoms with Gasteiger partial charge < -0.3 is 15.4 Å². The van der Waals surface area contributed by atoms with Crippen molar-refractivity contribution in [3.05, 3.63) is 0 Å². The number of nitrogens with two attached hydrogens (primary N) is 1. The minimum Gasteiger partial charge on any atom is -0.381 e. The van der Waals surface area contributed by atoms with E-state index in [1.807, 2.05) is 0 Å². The van der Waals surface area contributed by atoms with Gasteiger partial charge in [-0.05, 0) is 59.2 Å². The molecule has 0 radical (unpaired) electrons. The lowest BCUT2D eigenvalue weighted by Gasteiger charge is -2.51. The van der Waals surface area contributed by atoms with E-state index in [1.165, 1.54) is 32.1 Å². The Balaban J connectivity index is 1.94. The first-order valence-corrected chi connectivity index (χ1v) is 7.74. The quantitative estimate of drug-likeness (QED) is 0.785. The Hall–Kier alpha value is -0.160. The third kappa shape index (κ3) is 3.30. The number of likely N-dealkylation sites (N-methyl/N-ethyl adjacent to an activating group) is 2. The van der Waals surface area contributed by atoms with Crippen molar-refractivity contribution in [1.29, 1.82) is 0 Å². The lowest BCUT2D eigenvalue weighted by atomic mass is 9.75. The van der Waals surface area contributed by atoms with Gasteiger partial charge in [0, 0.05) is 31.3 Å². The summed E-state index contributed by atoms with van der Waals surface area (Å²) in [4.78, 5) is 4.91. The van der Waals surface area contributed by atoms with Crippen LogP contribution in [0.15, 0.2) is 0 Å². The van der Waals surface area contributed by atoms with Crippen molar-refractivity contribution in [3.8, 4) is 0 Å². The van der Waals surface area contributed by atoms with Gasteiger partial charge in [0.2, 0.25) is 0 Å². The first-order valence-electron chi connectivity index (χ1n) is 7.74. The van der Waals surface area contributed by atoms with Crippen molar-refractivity contribution in [3.63, 3.8) is 0 Å². The molecular weight excluding hydrogens is 238 g/mol. The van der Waals surface area contributed by atoms with Gasteiger partial charge in [0.25, 0.3) is 0 Å². The zero-order chi connectivity index (χ0) is 13.9. The normalized spacial score (nSPS) is 28.4. The van der Waals surface area contributed by atoms with Crippen LogP contribution < -0.4 is 5.73 Å². The number of nitrogens with zero attached hydrogens (tertiary/aromatic N) is 2. The molecule has 0 aromatic carbocycles. The number of hydrogen-bond acceptors (Lipinski definition) is 4. The lowest BCUT2D eigenvalue weighted by Crippen LogP contribution is -2.60. The Bertz CT molecular complexity index is 273. The molecule has 4 heteroatoms. The average molecular weight is 269 g/mol. The van der Waals surface area contributed by atoms with Crippen LogP contribution in [0.25, 0.3) is 0 Å². The van der Waals surface area contributed by atoms with E-state index in [9.17, 15) is 0 Å². The summed E-state index contributed by atoms with van der Waals surface area (Å²) >= 11 is 0. The fourth-order valence-corrected chi connectivity index (χ4v) is 3.71. The summed E-state index contributed by atoms with van der Waals surface area (Å²) in [5.41, 5.74) is 6.43. The molecule has 2 fully saturated rings. The van der Waals surface area contributed by atoms with Gasteiger partial charge in [-0.3, -0.25) is 4.90 Å². The Morgan fingerprint density at radius 2 is 2.00 bits per heavy atom. The molecule has 0 amide bonds. The van der Waals surface area contributed by atoms with Crippen molar-refractivity contribution >= 4 is 0 Å². The van der Waals surface area contributed by atoms with E-state index in [0.29, 0.717) is 17.5 Å². The smallest absolute Gasteiger partial charge is 0.0509 e. The van der Waals surface area contributed by atoms with Gasteiger partial charge in [0.1, 0.15) is 0 Å². The van der Waals surface area contributed by atoms with Crippen LogP contribution in [0.2, 0.25) is 0 Å². The first kappa shape index (κ1) is 15.2. The molecule has 2 atom stereocenters. The van der Waals surface area contributed by atoms with E-state index in [0.717, 1.165) is 26.3 Å². The topological polar surface area (TPSA) is 41.7 Å². The van der Waals surface area contributed by atoms with E-state index < -0.39 is 0 Å². The Morgan fingerprint density at radius 3 is 2.42 bits per heavy atom. The Kier molecular flexibility index (Phi) is 5.23. The van der Waals surface area contributed by atoms with Gasteiger partial charge in [-0.15, -0.1) is 0 Å². The predicted octanol–water partition coefficient (Wildman–Crippen LogP) is 1.16. The molecule has 2 aliphatic rings. The third-order valence-electron chi connectivity index (χ3n) is 5.32. The second-order valence-corrected chi connectivity index (χ2v) is 6.67. The van der Waals surface area contributed by atoms with Crippen molar-refractivity contribution < 1.29 is 4.74 Å². The maximum absolute atomic E-state index is 6.05.